The standard InChI is InChI=1S/C14H19ClN2O3/c1-16-8-3-2-4-11(16)7-9-20-14-10-12(17(18)19)5-6-13(14)15/h5-6,10-11H,2-4,7-9H2,1H3. The lowest BCUT2D eigenvalue weighted by molar-refractivity contribution is -0.384. The summed E-state index contributed by atoms with van der Waals surface area (Å²) in [7, 11) is 2.13. The quantitative estimate of drug-likeness (QED) is 0.616. The molecule has 110 valence electrons. The fourth-order valence-corrected chi connectivity index (χ4v) is 2.70. The minimum absolute atomic E-state index is 0.000755. The van der Waals surface area contributed by atoms with Gasteiger partial charge >= 0.3 is 0 Å². The topological polar surface area (TPSA) is 55.6 Å². The summed E-state index contributed by atoms with van der Waals surface area (Å²) in [5, 5.41) is 11.1. The molecule has 0 bridgehead atoms. The molecule has 1 atom stereocenters. The van der Waals surface area contributed by atoms with Crippen molar-refractivity contribution in [2.24, 2.45) is 0 Å². The van der Waals surface area contributed by atoms with Gasteiger partial charge in [-0.15, -0.1) is 0 Å². The smallest absolute Gasteiger partial charge is 0.273 e. The number of benzene rings is 1. The Morgan fingerprint density at radius 3 is 3.00 bits per heavy atom. The number of piperidine rings is 1. The van der Waals surface area contributed by atoms with Crippen LogP contribution in [0.25, 0.3) is 0 Å². The summed E-state index contributed by atoms with van der Waals surface area (Å²) in [6.07, 6.45) is 4.61. The highest BCUT2D eigenvalue weighted by atomic mass is 35.5. The molecule has 1 aliphatic rings. The summed E-state index contributed by atoms with van der Waals surface area (Å²) in [5.41, 5.74) is -0.000755. The van der Waals surface area contributed by atoms with E-state index < -0.39 is 4.92 Å². The number of halogens is 1. The van der Waals surface area contributed by atoms with Crippen LogP contribution in [0.5, 0.6) is 5.75 Å². The molecule has 1 fully saturated rings. The van der Waals surface area contributed by atoms with Crippen LogP contribution in [0.2, 0.25) is 5.02 Å². The zero-order valence-electron chi connectivity index (χ0n) is 11.5. The van der Waals surface area contributed by atoms with Crippen molar-refractivity contribution < 1.29 is 9.66 Å². The van der Waals surface area contributed by atoms with Crippen molar-refractivity contribution in [3.8, 4) is 5.75 Å². The van der Waals surface area contributed by atoms with Crippen molar-refractivity contribution in [2.75, 3.05) is 20.2 Å². The third kappa shape index (κ3) is 3.84. The van der Waals surface area contributed by atoms with E-state index in [2.05, 4.69) is 11.9 Å². The minimum Gasteiger partial charge on any atom is -0.492 e. The lowest BCUT2D eigenvalue weighted by atomic mass is 10.0. The van der Waals surface area contributed by atoms with Gasteiger partial charge in [0.05, 0.1) is 22.6 Å². The van der Waals surface area contributed by atoms with E-state index in [-0.39, 0.29) is 5.69 Å². The molecular weight excluding hydrogens is 280 g/mol. The van der Waals surface area contributed by atoms with Crippen LogP contribution in [0.3, 0.4) is 0 Å². The van der Waals surface area contributed by atoms with Crippen molar-refractivity contribution >= 4 is 17.3 Å². The molecule has 1 saturated heterocycles. The average Bonchev–Trinajstić information content (AvgIpc) is 2.42. The highest BCUT2D eigenvalue weighted by Crippen LogP contribution is 2.29. The Hall–Kier alpha value is -1.33. The van der Waals surface area contributed by atoms with Crippen molar-refractivity contribution in [1.82, 2.24) is 4.90 Å². The van der Waals surface area contributed by atoms with E-state index in [0.717, 1.165) is 13.0 Å². The maximum Gasteiger partial charge on any atom is 0.273 e. The van der Waals surface area contributed by atoms with E-state index in [4.69, 9.17) is 16.3 Å². The number of likely N-dealkylation sites (tertiary alicyclic amines) is 1. The molecule has 0 N–H and O–H groups in total. The first-order valence-electron chi connectivity index (χ1n) is 6.85. The monoisotopic (exact) mass is 298 g/mol. The van der Waals surface area contributed by atoms with E-state index >= 15 is 0 Å². The Bertz CT molecular complexity index is 481. The Morgan fingerprint density at radius 2 is 2.30 bits per heavy atom. The fraction of sp³-hybridized carbons (Fsp3) is 0.571. The SMILES string of the molecule is CN1CCCCC1CCOc1cc([N+](=O)[O-])ccc1Cl. The molecule has 20 heavy (non-hydrogen) atoms. The Labute approximate surface area is 123 Å². The third-order valence-corrected chi connectivity index (χ3v) is 4.07. The van der Waals surface area contributed by atoms with Crippen LogP contribution >= 0.6 is 11.6 Å². The van der Waals surface area contributed by atoms with Crippen molar-refractivity contribution in [3.63, 3.8) is 0 Å². The van der Waals surface area contributed by atoms with Crippen molar-refractivity contribution in [1.29, 1.82) is 0 Å². The summed E-state index contributed by atoms with van der Waals surface area (Å²) in [6.45, 7) is 1.65. The van der Waals surface area contributed by atoms with Gasteiger partial charge in [0.15, 0.2) is 0 Å². The number of hydrogen-bond acceptors (Lipinski definition) is 4. The van der Waals surface area contributed by atoms with Crippen LogP contribution in [0, 0.1) is 10.1 Å². The van der Waals surface area contributed by atoms with Crippen LogP contribution < -0.4 is 4.74 Å². The second-order valence-electron chi connectivity index (χ2n) is 5.14. The molecule has 1 unspecified atom stereocenters. The summed E-state index contributed by atoms with van der Waals surface area (Å²) in [6, 6.07) is 4.79. The third-order valence-electron chi connectivity index (χ3n) is 3.76. The molecule has 1 aromatic carbocycles. The van der Waals surface area contributed by atoms with Crippen molar-refractivity contribution in [3.05, 3.63) is 33.3 Å². The van der Waals surface area contributed by atoms with Gasteiger partial charge < -0.3 is 9.64 Å². The molecule has 0 spiro atoms. The van der Waals surface area contributed by atoms with Crippen LogP contribution in [0.15, 0.2) is 18.2 Å². The van der Waals surface area contributed by atoms with Gasteiger partial charge in [0.25, 0.3) is 5.69 Å². The first-order valence-corrected chi connectivity index (χ1v) is 7.22. The number of nitro groups is 1. The highest BCUT2D eigenvalue weighted by molar-refractivity contribution is 6.32. The Balaban J connectivity index is 1.90. The van der Waals surface area contributed by atoms with Crippen molar-refractivity contribution in [2.45, 2.75) is 31.7 Å². The molecule has 1 aliphatic heterocycles. The maximum absolute atomic E-state index is 10.7. The van der Waals surface area contributed by atoms with Crippen LogP contribution in [0.1, 0.15) is 25.7 Å². The second kappa shape index (κ2) is 6.90. The van der Waals surface area contributed by atoms with Gasteiger partial charge in [-0.25, -0.2) is 0 Å². The summed E-state index contributed by atoms with van der Waals surface area (Å²) < 4.78 is 5.62. The predicted octanol–water partition coefficient (Wildman–Crippen LogP) is 3.50. The molecule has 0 aliphatic carbocycles. The summed E-state index contributed by atoms with van der Waals surface area (Å²) in [4.78, 5) is 12.6. The summed E-state index contributed by atoms with van der Waals surface area (Å²) in [5.74, 6) is 0.388. The normalized spacial score (nSPS) is 19.8. The predicted molar refractivity (Wildman–Crippen MR) is 78.5 cm³/mol. The minimum atomic E-state index is -0.446. The van der Waals surface area contributed by atoms with E-state index in [1.54, 1.807) is 0 Å². The van der Waals surface area contributed by atoms with Gasteiger partial charge in [0, 0.05) is 12.1 Å². The fourth-order valence-electron chi connectivity index (χ4n) is 2.53. The van der Waals surface area contributed by atoms with Gasteiger partial charge in [-0.05, 0) is 38.9 Å². The Morgan fingerprint density at radius 1 is 1.50 bits per heavy atom. The largest absolute Gasteiger partial charge is 0.492 e. The maximum atomic E-state index is 10.7. The average molecular weight is 299 g/mol. The first-order chi connectivity index (χ1) is 9.58. The van der Waals surface area contributed by atoms with Gasteiger partial charge in [-0.2, -0.15) is 0 Å². The van der Waals surface area contributed by atoms with E-state index in [1.165, 1.54) is 37.5 Å². The van der Waals surface area contributed by atoms with Crippen LogP contribution in [-0.2, 0) is 0 Å². The summed E-state index contributed by atoms with van der Waals surface area (Å²) >= 11 is 5.99. The second-order valence-corrected chi connectivity index (χ2v) is 5.55. The molecule has 1 aromatic rings. The van der Waals surface area contributed by atoms with E-state index in [1.807, 2.05) is 0 Å². The molecule has 0 radical (unpaired) electrons. The molecule has 0 saturated carbocycles. The molecule has 0 amide bonds. The number of nitrogens with zero attached hydrogens (tertiary/aromatic N) is 2. The van der Waals surface area contributed by atoms with Gasteiger partial charge in [-0.1, -0.05) is 18.0 Å². The van der Waals surface area contributed by atoms with Gasteiger partial charge in [-0.3, -0.25) is 10.1 Å². The van der Waals surface area contributed by atoms with Crippen LogP contribution in [0.4, 0.5) is 5.69 Å². The van der Waals surface area contributed by atoms with E-state index in [0.29, 0.717) is 23.4 Å². The Kier molecular flexibility index (Phi) is 5.20. The first kappa shape index (κ1) is 15.1. The number of ether oxygens (including phenoxy) is 1. The molecule has 6 heteroatoms. The zero-order chi connectivity index (χ0) is 14.5. The van der Waals surface area contributed by atoms with E-state index in [9.17, 15) is 10.1 Å². The molecule has 1 heterocycles. The molecular formula is C14H19ClN2O3. The number of rotatable bonds is 5. The lowest BCUT2D eigenvalue weighted by Gasteiger charge is -2.32. The molecule has 5 nitrogen and oxygen atoms in total. The van der Waals surface area contributed by atoms with Gasteiger partial charge in [0.1, 0.15) is 5.75 Å². The number of non-ortho nitro benzene ring substituents is 1. The number of nitro benzene ring substituents is 1. The zero-order valence-corrected chi connectivity index (χ0v) is 12.3. The van der Waals surface area contributed by atoms with Gasteiger partial charge in [0.2, 0.25) is 0 Å². The number of hydrogen-bond donors (Lipinski definition) is 0. The van der Waals surface area contributed by atoms with Crippen LogP contribution in [-0.4, -0.2) is 36.1 Å². The molecule has 2 rings (SSSR count). The highest BCUT2D eigenvalue weighted by Gasteiger charge is 2.19. The lowest BCUT2D eigenvalue weighted by Crippen LogP contribution is -2.37. The molecule has 0 aromatic heterocycles.